The van der Waals surface area contributed by atoms with Crippen LogP contribution in [-0.2, 0) is 19.2 Å². The average molecular weight is 225 g/mol. The molecule has 0 aromatic heterocycles. The summed E-state index contributed by atoms with van der Waals surface area (Å²) in [5.41, 5.74) is -2.42. The Kier molecular flexibility index (Phi) is 6.20. The van der Waals surface area contributed by atoms with Crippen LogP contribution in [0.3, 0.4) is 0 Å². The first-order valence-electron chi connectivity index (χ1n) is 3.39. The van der Waals surface area contributed by atoms with Gasteiger partial charge in [0, 0.05) is 0 Å². The van der Waals surface area contributed by atoms with Crippen LogP contribution in [0.4, 0.5) is 0 Å². The van der Waals surface area contributed by atoms with E-state index in [-0.39, 0.29) is 5.48 Å². The lowest BCUT2D eigenvalue weighted by molar-refractivity contribution is -0.179. The fourth-order valence-electron chi connectivity index (χ4n) is 0.836. The van der Waals surface area contributed by atoms with Gasteiger partial charge in [-0.3, -0.25) is 14.4 Å². The topological polar surface area (TPSA) is 179 Å². The summed E-state index contributed by atoms with van der Waals surface area (Å²) >= 11 is 0. The van der Waals surface area contributed by atoms with Crippen LogP contribution in [0.2, 0.25) is 0 Å². The van der Waals surface area contributed by atoms with Crippen LogP contribution < -0.4 is 5.90 Å². The van der Waals surface area contributed by atoms with Crippen molar-refractivity contribution in [3.8, 4) is 0 Å². The SMILES string of the molecule is NOC(CC(=O)O)(CC(=O)O)C(=O)O.O. The second kappa shape index (κ2) is 5.90. The predicted octanol–water partition coefficient (Wildman–Crippen LogP) is -2.18. The minimum absolute atomic E-state index is 0. The van der Waals surface area contributed by atoms with Crippen molar-refractivity contribution in [3.05, 3.63) is 0 Å². The lowest BCUT2D eigenvalue weighted by Gasteiger charge is -2.22. The second-order valence-electron chi connectivity index (χ2n) is 2.56. The number of rotatable bonds is 6. The fraction of sp³-hybridized carbons (Fsp3) is 0.500. The molecule has 0 aromatic carbocycles. The van der Waals surface area contributed by atoms with E-state index < -0.39 is 36.4 Å². The Labute approximate surface area is 83.3 Å². The first kappa shape index (κ1) is 15.7. The number of hydrogen-bond acceptors (Lipinski definition) is 5. The zero-order valence-electron chi connectivity index (χ0n) is 7.47. The molecular formula is C6H11NO8. The van der Waals surface area contributed by atoms with Gasteiger partial charge in [-0.1, -0.05) is 0 Å². The number of aliphatic carboxylic acids is 3. The molecule has 0 fully saturated rings. The lowest BCUT2D eigenvalue weighted by atomic mass is 9.96. The molecule has 0 heterocycles. The zero-order chi connectivity index (χ0) is 11.4. The molecule has 0 amide bonds. The summed E-state index contributed by atoms with van der Waals surface area (Å²) in [6.45, 7) is 0. The molecule has 0 saturated carbocycles. The maximum absolute atomic E-state index is 10.6. The Hall–Kier alpha value is -1.71. The smallest absolute Gasteiger partial charge is 0.339 e. The fourth-order valence-corrected chi connectivity index (χ4v) is 0.836. The van der Waals surface area contributed by atoms with Gasteiger partial charge in [0.2, 0.25) is 5.60 Å². The van der Waals surface area contributed by atoms with Gasteiger partial charge in [-0.25, -0.2) is 10.7 Å². The molecule has 0 atom stereocenters. The molecule has 9 nitrogen and oxygen atoms in total. The summed E-state index contributed by atoms with van der Waals surface area (Å²) in [5.74, 6) is -0.163. The van der Waals surface area contributed by atoms with Crippen LogP contribution in [0.5, 0.6) is 0 Å². The molecule has 0 radical (unpaired) electrons. The highest BCUT2D eigenvalue weighted by Gasteiger charge is 2.44. The van der Waals surface area contributed by atoms with Crippen molar-refractivity contribution in [2.45, 2.75) is 18.4 Å². The highest BCUT2D eigenvalue weighted by atomic mass is 16.6. The molecule has 0 spiro atoms. The Morgan fingerprint density at radius 3 is 1.53 bits per heavy atom. The average Bonchev–Trinajstić information content (AvgIpc) is 2.00. The second-order valence-corrected chi connectivity index (χ2v) is 2.56. The number of carboxylic acid groups (broad SMARTS) is 3. The van der Waals surface area contributed by atoms with Crippen molar-refractivity contribution >= 4 is 17.9 Å². The summed E-state index contributed by atoms with van der Waals surface area (Å²) in [5, 5.41) is 25.3. The summed E-state index contributed by atoms with van der Waals surface area (Å²) < 4.78 is 0. The Balaban J connectivity index is 0. The highest BCUT2D eigenvalue weighted by Crippen LogP contribution is 2.19. The number of hydrogen-bond donors (Lipinski definition) is 4. The van der Waals surface area contributed by atoms with Crippen molar-refractivity contribution in [2.24, 2.45) is 5.90 Å². The van der Waals surface area contributed by atoms with E-state index in [1.165, 1.54) is 0 Å². The molecule has 0 unspecified atom stereocenters. The van der Waals surface area contributed by atoms with Gasteiger partial charge in [0.25, 0.3) is 0 Å². The van der Waals surface area contributed by atoms with Gasteiger partial charge in [0.05, 0.1) is 12.8 Å². The molecule has 0 aliphatic carbocycles. The zero-order valence-corrected chi connectivity index (χ0v) is 7.47. The maximum atomic E-state index is 10.6. The quantitative estimate of drug-likeness (QED) is 0.368. The third-order valence-electron chi connectivity index (χ3n) is 1.49. The van der Waals surface area contributed by atoms with E-state index in [4.69, 9.17) is 15.3 Å². The summed E-state index contributed by atoms with van der Waals surface area (Å²) in [6.07, 6.45) is -2.05. The van der Waals surface area contributed by atoms with E-state index in [0.29, 0.717) is 0 Å². The van der Waals surface area contributed by atoms with E-state index in [1.807, 2.05) is 0 Å². The van der Waals surface area contributed by atoms with Crippen LogP contribution in [0.25, 0.3) is 0 Å². The first-order valence-corrected chi connectivity index (χ1v) is 3.39. The lowest BCUT2D eigenvalue weighted by Crippen LogP contribution is -2.47. The van der Waals surface area contributed by atoms with Gasteiger partial charge < -0.3 is 20.8 Å². The van der Waals surface area contributed by atoms with Gasteiger partial charge in [0.1, 0.15) is 0 Å². The van der Waals surface area contributed by atoms with E-state index >= 15 is 0 Å². The molecule has 9 heteroatoms. The van der Waals surface area contributed by atoms with Gasteiger partial charge in [0.15, 0.2) is 0 Å². The molecule has 0 saturated heterocycles. The Bertz CT molecular complexity index is 246. The van der Waals surface area contributed by atoms with Gasteiger partial charge in [-0.15, -0.1) is 0 Å². The minimum atomic E-state index is -2.42. The first-order chi connectivity index (χ1) is 6.34. The molecule has 7 N–H and O–H groups in total. The number of nitrogens with two attached hydrogens (primary N) is 1. The van der Waals surface area contributed by atoms with E-state index in [0.717, 1.165) is 0 Å². The largest absolute Gasteiger partial charge is 0.481 e. The van der Waals surface area contributed by atoms with Crippen molar-refractivity contribution in [1.29, 1.82) is 0 Å². The normalized spacial score (nSPS) is 10.2. The van der Waals surface area contributed by atoms with E-state index in [9.17, 15) is 14.4 Å². The monoisotopic (exact) mass is 225 g/mol. The minimum Gasteiger partial charge on any atom is -0.481 e. The molecule has 0 aliphatic rings. The summed E-state index contributed by atoms with van der Waals surface area (Å²) in [7, 11) is 0. The Morgan fingerprint density at radius 2 is 1.40 bits per heavy atom. The molecular weight excluding hydrogens is 214 g/mol. The highest BCUT2D eigenvalue weighted by molar-refractivity contribution is 5.88. The molecule has 0 aromatic rings. The van der Waals surface area contributed by atoms with Crippen molar-refractivity contribution < 1.29 is 40.0 Å². The van der Waals surface area contributed by atoms with Crippen LogP contribution in [-0.4, -0.2) is 44.3 Å². The van der Waals surface area contributed by atoms with Gasteiger partial charge in [-0.05, 0) is 0 Å². The van der Waals surface area contributed by atoms with E-state index in [2.05, 4.69) is 10.7 Å². The third-order valence-corrected chi connectivity index (χ3v) is 1.49. The van der Waals surface area contributed by atoms with Gasteiger partial charge >= 0.3 is 17.9 Å². The van der Waals surface area contributed by atoms with Crippen LogP contribution in [0, 0.1) is 0 Å². The van der Waals surface area contributed by atoms with E-state index in [1.54, 1.807) is 0 Å². The van der Waals surface area contributed by atoms with Crippen molar-refractivity contribution in [2.75, 3.05) is 0 Å². The Morgan fingerprint density at radius 1 is 1.07 bits per heavy atom. The molecule has 88 valence electrons. The summed E-state index contributed by atoms with van der Waals surface area (Å²) in [6, 6.07) is 0. The number of carbonyl (C=O) groups is 3. The van der Waals surface area contributed by atoms with Crippen LogP contribution >= 0.6 is 0 Å². The van der Waals surface area contributed by atoms with Crippen LogP contribution in [0.1, 0.15) is 12.8 Å². The maximum Gasteiger partial charge on any atom is 0.339 e. The number of carboxylic acids is 3. The molecule has 0 rings (SSSR count). The summed E-state index contributed by atoms with van der Waals surface area (Å²) in [4.78, 5) is 35.1. The third kappa shape index (κ3) is 4.35. The van der Waals surface area contributed by atoms with Crippen molar-refractivity contribution in [1.82, 2.24) is 0 Å². The predicted molar refractivity (Wildman–Crippen MR) is 43.8 cm³/mol. The molecule has 0 bridgehead atoms. The van der Waals surface area contributed by atoms with Crippen LogP contribution in [0.15, 0.2) is 0 Å². The standard InChI is InChI=1S/C6H9NO7.H2O/c7-14-6(5(12)13,1-3(8)9)2-4(10)11;/h1-2,7H2,(H,8,9)(H,10,11)(H,12,13);1H2. The van der Waals surface area contributed by atoms with Crippen molar-refractivity contribution in [3.63, 3.8) is 0 Å². The van der Waals surface area contributed by atoms with Gasteiger partial charge in [-0.2, -0.15) is 0 Å². The molecule has 0 aliphatic heterocycles. The molecule has 15 heavy (non-hydrogen) atoms.